The predicted molar refractivity (Wildman–Crippen MR) is 125 cm³/mol. The Labute approximate surface area is 201 Å². The van der Waals surface area contributed by atoms with Crippen LogP contribution < -0.4 is 10.9 Å². The van der Waals surface area contributed by atoms with Gasteiger partial charge in [-0.05, 0) is 24.3 Å². The molecule has 1 amide bonds. The van der Waals surface area contributed by atoms with Crippen molar-refractivity contribution in [3.05, 3.63) is 107 Å². The molecule has 0 radical (unpaired) electrons. The number of amides is 1. The molecule has 5 rings (SSSR count). The molecular formula is C25H16F3N5O3. The first-order valence-electron chi connectivity index (χ1n) is 10.6. The largest absolute Gasteiger partial charge is 0.463 e. The van der Waals surface area contributed by atoms with E-state index >= 15 is 0 Å². The maximum absolute atomic E-state index is 13.5. The Bertz CT molecular complexity index is 1590. The van der Waals surface area contributed by atoms with Crippen molar-refractivity contribution >= 4 is 11.7 Å². The van der Waals surface area contributed by atoms with Gasteiger partial charge in [0.2, 0.25) is 5.95 Å². The van der Waals surface area contributed by atoms with Gasteiger partial charge in [0.25, 0.3) is 11.5 Å². The van der Waals surface area contributed by atoms with E-state index in [1.165, 1.54) is 30.5 Å². The van der Waals surface area contributed by atoms with Crippen molar-refractivity contribution in [3.63, 3.8) is 0 Å². The first-order chi connectivity index (χ1) is 17.3. The Morgan fingerprint density at radius 1 is 0.944 bits per heavy atom. The minimum Gasteiger partial charge on any atom is -0.463 e. The number of nitrogens with one attached hydrogen (secondary N) is 2. The number of hydrogen-bond donors (Lipinski definition) is 2. The Morgan fingerprint density at radius 3 is 2.42 bits per heavy atom. The van der Waals surface area contributed by atoms with Gasteiger partial charge in [-0.1, -0.05) is 42.5 Å². The monoisotopic (exact) mass is 491 g/mol. The van der Waals surface area contributed by atoms with E-state index in [0.717, 1.165) is 16.8 Å². The number of alkyl halides is 3. The van der Waals surface area contributed by atoms with Crippen molar-refractivity contribution in [2.45, 2.75) is 6.18 Å². The van der Waals surface area contributed by atoms with Crippen molar-refractivity contribution in [1.29, 1.82) is 0 Å². The van der Waals surface area contributed by atoms with Crippen molar-refractivity contribution < 1.29 is 22.4 Å². The minimum absolute atomic E-state index is 0.0308. The number of H-pyrrole nitrogens is 1. The van der Waals surface area contributed by atoms with Crippen LogP contribution in [0, 0.1) is 0 Å². The van der Waals surface area contributed by atoms with Crippen molar-refractivity contribution in [1.82, 2.24) is 19.7 Å². The summed E-state index contributed by atoms with van der Waals surface area (Å²) in [6.45, 7) is 0. The number of nitrogens with zero attached hydrogens (tertiary/aromatic N) is 3. The SMILES string of the molecule is O=C(Nc1cc(-c2ccco2)nn1-c1nc(-c2ccccc2)cc(=O)[nH]1)c1ccccc1C(F)(F)F. The molecule has 3 aromatic heterocycles. The zero-order chi connectivity index (χ0) is 25.3. The average Bonchev–Trinajstić information content (AvgIpc) is 3.54. The maximum Gasteiger partial charge on any atom is 0.417 e. The standard InChI is InChI=1S/C25H16F3N5O3/c26-25(27,28)17-10-5-4-9-16(17)23(35)30-21-13-19(20-11-6-12-36-20)32-33(21)24-29-18(14-22(34)31-24)15-7-2-1-3-8-15/h1-14H,(H,30,35)(H,29,31,34). The third-order valence-corrected chi connectivity index (χ3v) is 5.20. The van der Waals surface area contributed by atoms with Crippen molar-refractivity contribution in [2.24, 2.45) is 0 Å². The van der Waals surface area contributed by atoms with Crippen molar-refractivity contribution in [2.75, 3.05) is 5.32 Å². The molecule has 180 valence electrons. The van der Waals surface area contributed by atoms with Crippen LogP contribution in [0.5, 0.6) is 0 Å². The highest BCUT2D eigenvalue weighted by atomic mass is 19.4. The van der Waals surface area contributed by atoms with E-state index in [2.05, 4.69) is 20.4 Å². The van der Waals surface area contributed by atoms with Gasteiger partial charge >= 0.3 is 6.18 Å². The molecule has 8 nitrogen and oxygen atoms in total. The number of anilines is 1. The van der Waals surface area contributed by atoms with Gasteiger partial charge in [0.1, 0.15) is 11.5 Å². The van der Waals surface area contributed by atoms with Gasteiger partial charge in [-0.15, -0.1) is 0 Å². The smallest absolute Gasteiger partial charge is 0.417 e. The van der Waals surface area contributed by atoms with Crippen LogP contribution in [0.15, 0.2) is 94.3 Å². The zero-order valence-electron chi connectivity index (χ0n) is 18.3. The van der Waals surface area contributed by atoms with Crippen LogP contribution in [-0.4, -0.2) is 25.7 Å². The van der Waals surface area contributed by atoms with E-state index in [1.54, 1.807) is 36.4 Å². The summed E-state index contributed by atoms with van der Waals surface area (Å²) in [5.41, 5.74) is -0.896. The molecule has 2 aromatic carbocycles. The summed E-state index contributed by atoms with van der Waals surface area (Å²) in [6.07, 6.45) is -3.31. The molecule has 2 N–H and O–H groups in total. The Kier molecular flexibility index (Phi) is 5.72. The summed E-state index contributed by atoms with van der Waals surface area (Å²) in [4.78, 5) is 32.4. The molecule has 0 saturated carbocycles. The molecule has 3 heterocycles. The molecule has 36 heavy (non-hydrogen) atoms. The molecule has 0 spiro atoms. The molecule has 0 bridgehead atoms. The van der Waals surface area contributed by atoms with Crippen LogP contribution in [0.25, 0.3) is 28.7 Å². The fourth-order valence-electron chi connectivity index (χ4n) is 3.59. The molecule has 0 fully saturated rings. The zero-order valence-corrected chi connectivity index (χ0v) is 18.3. The summed E-state index contributed by atoms with van der Waals surface area (Å²) in [5.74, 6) is -0.770. The average molecular weight is 491 g/mol. The molecular weight excluding hydrogens is 475 g/mol. The number of hydrogen-bond acceptors (Lipinski definition) is 5. The fourth-order valence-corrected chi connectivity index (χ4v) is 3.59. The van der Waals surface area contributed by atoms with Crippen LogP contribution in [0.2, 0.25) is 0 Å². The van der Waals surface area contributed by atoms with Gasteiger partial charge in [0.15, 0.2) is 5.76 Å². The van der Waals surface area contributed by atoms with Crippen LogP contribution in [0.3, 0.4) is 0 Å². The third-order valence-electron chi connectivity index (χ3n) is 5.20. The number of halogens is 3. The van der Waals surface area contributed by atoms with Gasteiger partial charge in [-0.2, -0.15) is 23.0 Å². The van der Waals surface area contributed by atoms with Crippen molar-refractivity contribution in [3.8, 4) is 28.7 Å². The summed E-state index contributed by atoms with van der Waals surface area (Å²) in [7, 11) is 0. The summed E-state index contributed by atoms with van der Waals surface area (Å²) < 4.78 is 46.9. The predicted octanol–water partition coefficient (Wildman–Crippen LogP) is 5.15. The van der Waals surface area contributed by atoms with Crippen LogP contribution in [0.1, 0.15) is 15.9 Å². The second kappa shape index (κ2) is 9.02. The van der Waals surface area contributed by atoms with E-state index in [1.807, 2.05) is 6.07 Å². The maximum atomic E-state index is 13.5. The lowest BCUT2D eigenvalue weighted by Gasteiger charge is -2.13. The lowest BCUT2D eigenvalue weighted by atomic mass is 10.1. The number of carbonyl (C=O) groups excluding carboxylic acids is 1. The fraction of sp³-hybridized carbons (Fsp3) is 0.0400. The van der Waals surface area contributed by atoms with E-state index in [9.17, 15) is 22.8 Å². The molecule has 0 aliphatic carbocycles. The van der Waals surface area contributed by atoms with Gasteiger partial charge < -0.3 is 9.73 Å². The topological polar surface area (TPSA) is 106 Å². The van der Waals surface area contributed by atoms with E-state index in [4.69, 9.17) is 4.42 Å². The molecule has 11 heteroatoms. The first kappa shape index (κ1) is 22.8. The molecule has 0 saturated heterocycles. The summed E-state index contributed by atoms with van der Waals surface area (Å²) in [6, 6.07) is 19.3. The Hall–Kier alpha value is -4.93. The van der Waals surface area contributed by atoms with Gasteiger partial charge in [-0.3, -0.25) is 14.6 Å². The lowest BCUT2D eigenvalue weighted by Crippen LogP contribution is -2.21. The first-order valence-corrected chi connectivity index (χ1v) is 10.6. The third kappa shape index (κ3) is 4.53. The van der Waals surface area contributed by atoms with E-state index in [-0.39, 0.29) is 17.5 Å². The highest BCUT2D eigenvalue weighted by Gasteiger charge is 2.35. The number of aromatic amines is 1. The molecule has 0 unspecified atom stereocenters. The van der Waals surface area contributed by atoms with E-state index in [0.29, 0.717) is 17.0 Å². The van der Waals surface area contributed by atoms with Crippen LogP contribution in [-0.2, 0) is 6.18 Å². The number of furan rings is 1. The number of aromatic nitrogens is 4. The minimum atomic E-state index is -4.73. The van der Waals surface area contributed by atoms with Crippen LogP contribution >= 0.6 is 0 Å². The number of benzene rings is 2. The van der Waals surface area contributed by atoms with Gasteiger partial charge in [-0.25, -0.2) is 4.98 Å². The highest BCUT2D eigenvalue weighted by Crippen LogP contribution is 2.32. The number of rotatable bonds is 5. The van der Waals surface area contributed by atoms with Crippen LogP contribution in [0.4, 0.5) is 19.0 Å². The summed E-state index contributed by atoms with van der Waals surface area (Å²) in [5, 5.41) is 6.83. The summed E-state index contributed by atoms with van der Waals surface area (Å²) >= 11 is 0. The molecule has 5 aromatic rings. The normalized spacial score (nSPS) is 11.4. The quantitative estimate of drug-likeness (QED) is 0.354. The molecule has 0 aliphatic heterocycles. The Balaban J connectivity index is 1.61. The Morgan fingerprint density at radius 2 is 1.69 bits per heavy atom. The van der Waals surface area contributed by atoms with E-state index < -0.39 is 28.8 Å². The second-order valence-electron chi connectivity index (χ2n) is 7.62. The van der Waals surface area contributed by atoms with Gasteiger partial charge in [0, 0.05) is 17.7 Å². The van der Waals surface area contributed by atoms with Gasteiger partial charge in [0.05, 0.1) is 23.1 Å². The molecule has 0 aliphatic rings. The molecule has 0 atom stereocenters. The second-order valence-corrected chi connectivity index (χ2v) is 7.62. The number of carbonyl (C=O) groups is 1. The lowest BCUT2D eigenvalue weighted by molar-refractivity contribution is -0.137. The highest BCUT2D eigenvalue weighted by molar-refractivity contribution is 6.05.